The average molecular weight is 573 g/mol. The summed E-state index contributed by atoms with van der Waals surface area (Å²) >= 11 is 0. The molecular weight excluding hydrogens is 520 g/mol. The van der Waals surface area contributed by atoms with E-state index in [2.05, 4.69) is 32.9 Å². The van der Waals surface area contributed by atoms with Gasteiger partial charge >= 0.3 is 5.97 Å². The highest BCUT2D eigenvalue weighted by molar-refractivity contribution is 5.92. The molecule has 0 radical (unpaired) electrons. The zero-order valence-electron chi connectivity index (χ0n) is 26.2. The molecule has 0 aliphatic heterocycles. The van der Waals surface area contributed by atoms with Crippen LogP contribution >= 0.6 is 0 Å². The molecule has 0 N–H and O–H groups in total. The lowest BCUT2D eigenvalue weighted by atomic mass is 10.0. The number of unbranched alkanes of at least 4 members (excludes halogenated alkanes) is 10. The van der Waals surface area contributed by atoms with E-state index in [4.69, 9.17) is 14.2 Å². The van der Waals surface area contributed by atoms with E-state index in [0.29, 0.717) is 23.7 Å². The van der Waals surface area contributed by atoms with Gasteiger partial charge in [0.25, 0.3) is 0 Å². The summed E-state index contributed by atoms with van der Waals surface area (Å²) in [4.78, 5) is 12.9. The van der Waals surface area contributed by atoms with Crippen LogP contribution < -0.4 is 14.2 Å². The number of rotatable bonds is 21. The number of para-hydroxylation sites is 2. The highest BCUT2D eigenvalue weighted by Crippen LogP contribution is 2.29. The summed E-state index contributed by atoms with van der Waals surface area (Å²) in [6.45, 7) is 7.30. The lowest BCUT2D eigenvalue weighted by Crippen LogP contribution is -2.15. The Balaban J connectivity index is 1.47. The number of hydrogen-bond acceptors (Lipinski definition) is 4. The van der Waals surface area contributed by atoms with Crippen molar-refractivity contribution in [2.75, 3.05) is 6.61 Å². The molecule has 4 heteroatoms. The van der Waals surface area contributed by atoms with Crippen LogP contribution in [0.2, 0.25) is 0 Å². The van der Waals surface area contributed by atoms with Gasteiger partial charge in [0.05, 0.1) is 18.3 Å². The van der Waals surface area contributed by atoms with Crippen LogP contribution in [-0.2, 0) is 0 Å². The monoisotopic (exact) mass is 572 g/mol. The standard InChI is InChI=1S/C38H52O4/c1-4-7-9-11-12-13-14-18-30-40-36-20-16-17-21-37(36)42-38(39)33-24-22-31(23-25-33)32-26-28-35(29-27-32)41-34(6-3)19-15-10-8-5-2/h16-17,20-29,34H,4-15,18-19,30H2,1-3H3/t34-/m1/s1. The highest BCUT2D eigenvalue weighted by atomic mass is 16.6. The minimum absolute atomic E-state index is 0.263. The fourth-order valence-electron chi connectivity index (χ4n) is 5.09. The summed E-state index contributed by atoms with van der Waals surface area (Å²) < 4.78 is 18.0. The molecule has 42 heavy (non-hydrogen) atoms. The van der Waals surface area contributed by atoms with Crippen LogP contribution in [0.5, 0.6) is 17.2 Å². The highest BCUT2D eigenvalue weighted by Gasteiger charge is 2.13. The third kappa shape index (κ3) is 11.9. The zero-order chi connectivity index (χ0) is 29.8. The van der Waals surface area contributed by atoms with Crippen molar-refractivity contribution >= 4 is 5.97 Å². The Labute approximate surface area is 254 Å². The molecule has 1 atom stereocenters. The van der Waals surface area contributed by atoms with Gasteiger partial charge in [-0.2, -0.15) is 0 Å². The number of esters is 1. The first kappa shape index (κ1) is 33.2. The molecule has 3 rings (SSSR count). The molecule has 0 saturated heterocycles. The van der Waals surface area contributed by atoms with Crippen molar-refractivity contribution in [1.82, 2.24) is 0 Å². The van der Waals surface area contributed by atoms with Crippen LogP contribution in [0.3, 0.4) is 0 Å². The number of carbonyl (C=O) groups excluding carboxylic acids is 1. The molecule has 0 bridgehead atoms. The predicted molar refractivity (Wildman–Crippen MR) is 175 cm³/mol. The van der Waals surface area contributed by atoms with Gasteiger partial charge < -0.3 is 14.2 Å². The Bertz CT molecular complexity index is 1140. The number of carbonyl (C=O) groups is 1. The van der Waals surface area contributed by atoms with Crippen molar-refractivity contribution in [3.05, 3.63) is 78.4 Å². The van der Waals surface area contributed by atoms with Crippen molar-refractivity contribution in [2.24, 2.45) is 0 Å². The summed E-state index contributed by atoms with van der Waals surface area (Å²) in [5.74, 6) is 1.58. The van der Waals surface area contributed by atoms with E-state index in [0.717, 1.165) is 42.6 Å². The second-order valence-corrected chi connectivity index (χ2v) is 11.3. The van der Waals surface area contributed by atoms with Crippen molar-refractivity contribution in [1.29, 1.82) is 0 Å². The first-order chi connectivity index (χ1) is 20.6. The number of hydrogen-bond donors (Lipinski definition) is 0. The smallest absolute Gasteiger partial charge is 0.343 e. The maximum atomic E-state index is 12.9. The fourth-order valence-corrected chi connectivity index (χ4v) is 5.09. The van der Waals surface area contributed by atoms with E-state index in [1.807, 2.05) is 54.6 Å². The minimum atomic E-state index is -0.391. The van der Waals surface area contributed by atoms with Gasteiger partial charge in [-0.05, 0) is 73.2 Å². The van der Waals surface area contributed by atoms with Gasteiger partial charge in [-0.15, -0.1) is 0 Å². The molecule has 3 aromatic rings. The van der Waals surface area contributed by atoms with Crippen molar-refractivity contribution in [3.63, 3.8) is 0 Å². The van der Waals surface area contributed by atoms with Crippen molar-refractivity contribution in [3.8, 4) is 28.4 Å². The molecule has 0 aliphatic rings. The molecule has 0 spiro atoms. The van der Waals surface area contributed by atoms with Gasteiger partial charge in [0.2, 0.25) is 0 Å². The molecular formula is C38H52O4. The maximum absolute atomic E-state index is 12.9. The molecule has 3 aromatic carbocycles. The van der Waals surface area contributed by atoms with Crippen LogP contribution in [0.15, 0.2) is 72.8 Å². The third-order valence-electron chi connectivity index (χ3n) is 7.75. The Hall–Kier alpha value is -3.27. The molecule has 4 nitrogen and oxygen atoms in total. The van der Waals surface area contributed by atoms with Gasteiger partial charge in [0.1, 0.15) is 5.75 Å². The third-order valence-corrected chi connectivity index (χ3v) is 7.75. The van der Waals surface area contributed by atoms with Crippen LogP contribution in [0.4, 0.5) is 0 Å². The van der Waals surface area contributed by atoms with Crippen LogP contribution in [-0.4, -0.2) is 18.7 Å². The Morgan fingerprint density at radius 2 is 1.17 bits per heavy atom. The van der Waals surface area contributed by atoms with Crippen molar-refractivity contribution < 1.29 is 19.0 Å². The number of benzene rings is 3. The van der Waals surface area contributed by atoms with E-state index in [9.17, 15) is 4.79 Å². The summed E-state index contributed by atoms with van der Waals surface area (Å²) in [6.07, 6.45) is 17.4. The van der Waals surface area contributed by atoms with E-state index in [-0.39, 0.29) is 6.10 Å². The average Bonchev–Trinajstić information content (AvgIpc) is 3.03. The second-order valence-electron chi connectivity index (χ2n) is 11.3. The minimum Gasteiger partial charge on any atom is -0.490 e. The predicted octanol–water partition coefficient (Wildman–Crippen LogP) is 11.2. The Morgan fingerprint density at radius 1 is 0.619 bits per heavy atom. The van der Waals surface area contributed by atoms with Gasteiger partial charge in [-0.25, -0.2) is 4.79 Å². The van der Waals surface area contributed by atoms with Crippen LogP contribution in [0.1, 0.15) is 121 Å². The molecule has 0 unspecified atom stereocenters. The molecule has 0 aromatic heterocycles. The van der Waals surface area contributed by atoms with E-state index in [1.165, 1.54) is 64.2 Å². The summed E-state index contributed by atoms with van der Waals surface area (Å²) in [5, 5.41) is 0. The van der Waals surface area contributed by atoms with E-state index in [1.54, 1.807) is 6.07 Å². The van der Waals surface area contributed by atoms with Gasteiger partial charge in [0.15, 0.2) is 11.5 Å². The fraction of sp³-hybridized carbons (Fsp3) is 0.500. The molecule has 0 heterocycles. The van der Waals surface area contributed by atoms with Gasteiger partial charge in [0, 0.05) is 0 Å². The molecule has 0 amide bonds. The van der Waals surface area contributed by atoms with Crippen LogP contribution in [0.25, 0.3) is 11.1 Å². The maximum Gasteiger partial charge on any atom is 0.343 e. The molecule has 0 aliphatic carbocycles. The van der Waals surface area contributed by atoms with Gasteiger partial charge in [-0.3, -0.25) is 0 Å². The summed E-state index contributed by atoms with van der Waals surface area (Å²) in [5.41, 5.74) is 2.63. The molecule has 0 fully saturated rings. The topological polar surface area (TPSA) is 44.8 Å². The first-order valence-corrected chi connectivity index (χ1v) is 16.5. The van der Waals surface area contributed by atoms with Gasteiger partial charge in [-0.1, -0.05) is 121 Å². The molecule has 228 valence electrons. The summed E-state index contributed by atoms with van der Waals surface area (Å²) in [7, 11) is 0. The normalized spacial score (nSPS) is 11.7. The largest absolute Gasteiger partial charge is 0.490 e. The quantitative estimate of drug-likeness (QED) is 0.0723. The lowest BCUT2D eigenvalue weighted by molar-refractivity contribution is 0.0728. The summed E-state index contributed by atoms with van der Waals surface area (Å²) in [6, 6.07) is 23.2. The zero-order valence-corrected chi connectivity index (χ0v) is 26.2. The van der Waals surface area contributed by atoms with E-state index < -0.39 is 5.97 Å². The lowest BCUT2D eigenvalue weighted by Gasteiger charge is -2.18. The Morgan fingerprint density at radius 3 is 1.79 bits per heavy atom. The number of ether oxygens (including phenoxy) is 3. The van der Waals surface area contributed by atoms with E-state index >= 15 is 0 Å². The second kappa shape index (κ2) is 19.8. The Kier molecular flexibility index (Phi) is 15.7. The van der Waals surface area contributed by atoms with Crippen molar-refractivity contribution in [2.45, 2.75) is 117 Å². The molecule has 0 saturated carbocycles. The van der Waals surface area contributed by atoms with Crippen LogP contribution in [0, 0.1) is 0 Å². The first-order valence-electron chi connectivity index (χ1n) is 16.5. The SMILES string of the molecule is CCCCCCCCCCOc1ccccc1OC(=O)c1ccc(-c2ccc(O[C@H](CC)CCCCCC)cc2)cc1.